The molecule has 1 N–H and O–H groups in total. The number of esters is 2. The molecule has 4 rings (SSSR count). The van der Waals surface area contributed by atoms with Gasteiger partial charge in [-0.25, -0.2) is 14.6 Å². The molecule has 7 nitrogen and oxygen atoms in total. The van der Waals surface area contributed by atoms with Crippen LogP contribution in [0.5, 0.6) is 0 Å². The highest BCUT2D eigenvalue weighted by molar-refractivity contribution is 7.13. The van der Waals surface area contributed by atoms with Gasteiger partial charge >= 0.3 is 11.9 Å². The van der Waals surface area contributed by atoms with E-state index in [1.165, 1.54) is 11.3 Å². The zero-order chi connectivity index (χ0) is 24.9. The Balaban J connectivity index is 1.89. The molecular weight excluding hydrogens is 462 g/mol. The maximum absolute atomic E-state index is 13.1. The molecule has 0 aliphatic carbocycles. The highest BCUT2D eigenvalue weighted by Crippen LogP contribution is 2.43. The predicted molar refractivity (Wildman–Crippen MR) is 135 cm³/mol. The van der Waals surface area contributed by atoms with Crippen LogP contribution < -0.4 is 5.32 Å². The van der Waals surface area contributed by atoms with Crippen LogP contribution in [-0.4, -0.2) is 35.1 Å². The van der Waals surface area contributed by atoms with Crippen molar-refractivity contribution >= 4 is 23.3 Å². The van der Waals surface area contributed by atoms with E-state index in [-0.39, 0.29) is 13.2 Å². The van der Waals surface area contributed by atoms with Crippen molar-refractivity contribution in [3.63, 3.8) is 0 Å². The number of dihydropyridines is 1. The third-order valence-corrected chi connectivity index (χ3v) is 6.56. The van der Waals surface area contributed by atoms with Crippen molar-refractivity contribution in [2.24, 2.45) is 0 Å². The number of aromatic nitrogens is 2. The Morgan fingerprint density at radius 1 is 0.914 bits per heavy atom. The van der Waals surface area contributed by atoms with E-state index in [2.05, 4.69) is 10.3 Å². The molecule has 0 unspecified atom stereocenters. The molecule has 0 radical (unpaired) electrons. The lowest BCUT2D eigenvalue weighted by molar-refractivity contribution is -0.139. The van der Waals surface area contributed by atoms with Gasteiger partial charge in [-0.2, -0.15) is 0 Å². The summed E-state index contributed by atoms with van der Waals surface area (Å²) in [5.41, 5.74) is 5.20. The van der Waals surface area contributed by atoms with E-state index in [0.717, 1.165) is 27.5 Å². The summed E-state index contributed by atoms with van der Waals surface area (Å²) in [6.07, 6.45) is 1.73. The highest BCUT2D eigenvalue weighted by Gasteiger charge is 2.39. The fourth-order valence-corrected chi connectivity index (χ4v) is 5.10. The second-order valence-electron chi connectivity index (χ2n) is 7.92. The summed E-state index contributed by atoms with van der Waals surface area (Å²) < 4.78 is 10.8. The van der Waals surface area contributed by atoms with E-state index in [1.54, 1.807) is 20.0 Å². The molecule has 0 atom stereocenters. The quantitative estimate of drug-likeness (QED) is 0.454. The van der Waals surface area contributed by atoms with Gasteiger partial charge in [0.1, 0.15) is 10.7 Å². The number of hydrogen-bond donors (Lipinski definition) is 1. The Labute approximate surface area is 208 Å². The van der Waals surface area contributed by atoms with Crippen molar-refractivity contribution in [3.8, 4) is 22.0 Å². The van der Waals surface area contributed by atoms with Gasteiger partial charge in [0.15, 0.2) is 0 Å². The van der Waals surface area contributed by atoms with Crippen LogP contribution in [0.15, 0.2) is 76.6 Å². The number of hydrogen-bond acceptors (Lipinski definition) is 8. The molecule has 0 spiro atoms. The van der Waals surface area contributed by atoms with Crippen LogP contribution in [0.4, 0.5) is 0 Å². The summed E-state index contributed by atoms with van der Waals surface area (Å²) in [6.45, 7) is 7.60. The van der Waals surface area contributed by atoms with Crippen molar-refractivity contribution in [1.82, 2.24) is 15.3 Å². The molecule has 1 aliphatic rings. The van der Waals surface area contributed by atoms with Gasteiger partial charge < -0.3 is 14.8 Å². The van der Waals surface area contributed by atoms with E-state index < -0.39 is 17.9 Å². The van der Waals surface area contributed by atoms with Gasteiger partial charge in [0.05, 0.1) is 36.0 Å². The lowest BCUT2D eigenvalue weighted by Gasteiger charge is -2.31. The Kier molecular flexibility index (Phi) is 7.41. The smallest absolute Gasteiger partial charge is 0.336 e. The van der Waals surface area contributed by atoms with Crippen molar-refractivity contribution in [3.05, 3.63) is 82.1 Å². The van der Waals surface area contributed by atoms with Crippen LogP contribution >= 0.6 is 11.3 Å². The molecule has 1 aromatic carbocycles. The standard InChI is InChI=1S/C27H27N3O4S/c1-5-33-26(31)22-16(3)29-17(4)23(27(32)34-6-2)24(22)18-11-7-8-12-19(18)25-30-21(15-35-25)20-13-9-10-14-28-20/h7-15,24,29H,5-6H2,1-4H3. The topological polar surface area (TPSA) is 90.4 Å². The third-order valence-electron chi connectivity index (χ3n) is 5.68. The number of nitrogens with one attached hydrogen (secondary N) is 1. The first-order chi connectivity index (χ1) is 17.0. The van der Waals surface area contributed by atoms with E-state index in [1.807, 2.05) is 61.7 Å². The molecule has 3 heterocycles. The number of allylic oxidation sites excluding steroid dienone is 2. The summed E-state index contributed by atoms with van der Waals surface area (Å²) in [6, 6.07) is 13.4. The fourth-order valence-electron chi connectivity index (χ4n) is 4.24. The molecule has 0 fully saturated rings. The van der Waals surface area contributed by atoms with Crippen molar-refractivity contribution < 1.29 is 19.1 Å². The first kappa shape index (κ1) is 24.3. The number of benzene rings is 1. The summed E-state index contributed by atoms with van der Waals surface area (Å²) in [5.74, 6) is -1.62. The largest absolute Gasteiger partial charge is 0.463 e. The van der Waals surface area contributed by atoms with E-state index >= 15 is 0 Å². The van der Waals surface area contributed by atoms with Crippen LogP contribution in [0.3, 0.4) is 0 Å². The molecule has 1 aliphatic heterocycles. The molecule has 2 aromatic heterocycles. The summed E-state index contributed by atoms with van der Waals surface area (Å²) in [7, 11) is 0. The van der Waals surface area contributed by atoms with Gasteiger partial charge in [-0.1, -0.05) is 30.3 Å². The van der Waals surface area contributed by atoms with Crippen LogP contribution in [0.25, 0.3) is 22.0 Å². The molecule has 0 saturated heterocycles. The molecule has 180 valence electrons. The van der Waals surface area contributed by atoms with Crippen LogP contribution in [0.1, 0.15) is 39.2 Å². The van der Waals surface area contributed by atoms with Crippen LogP contribution in [-0.2, 0) is 19.1 Å². The van der Waals surface area contributed by atoms with Gasteiger partial charge in [0.2, 0.25) is 0 Å². The molecule has 0 bridgehead atoms. The Morgan fingerprint density at radius 2 is 1.54 bits per heavy atom. The maximum atomic E-state index is 13.1. The summed E-state index contributed by atoms with van der Waals surface area (Å²) >= 11 is 1.49. The van der Waals surface area contributed by atoms with E-state index in [0.29, 0.717) is 22.5 Å². The second-order valence-corrected chi connectivity index (χ2v) is 8.77. The lowest BCUT2D eigenvalue weighted by Crippen LogP contribution is -2.32. The minimum atomic E-state index is -0.673. The SMILES string of the molecule is CCOC(=O)C1=C(C)NC(C)=C(C(=O)OCC)C1c1ccccc1-c1nc(-c2ccccn2)cs1. The van der Waals surface area contributed by atoms with Crippen LogP contribution in [0.2, 0.25) is 0 Å². The number of nitrogens with zero attached hydrogens (tertiary/aromatic N) is 2. The van der Waals surface area contributed by atoms with E-state index in [4.69, 9.17) is 14.5 Å². The minimum Gasteiger partial charge on any atom is -0.463 e. The van der Waals surface area contributed by atoms with Gasteiger partial charge in [-0.15, -0.1) is 11.3 Å². The van der Waals surface area contributed by atoms with Gasteiger partial charge in [-0.3, -0.25) is 4.98 Å². The monoisotopic (exact) mass is 489 g/mol. The van der Waals surface area contributed by atoms with Gasteiger partial charge in [-0.05, 0) is 45.4 Å². The summed E-state index contributed by atoms with van der Waals surface area (Å²) in [5, 5.41) is 5.90. The Hall–Kier alpha value is -3.78. The normalized spacial score (nSPS) is 14.1. The first-order valence-corrected chi connectivity index (χ1v) is 12.3. The maximum Gasteiger partial charge on any atom is 0.336 e. The minimum absolute atomic E-state index is 0.224. The molecule has 0 amide bonds. The fraction of sp³-hybridized carbons (Fsp3) is 0.259. The zero-order valence-electron chi connectivity index (χ0n) is 20.1. The van der Waals surface area contributed by atoms with Gasteiger partial charge in [0.25, 0.3) is 0 Å². The van der Waals surface area contributed by atoms with Crippen molar-refractivity contribution in [2.45, 2.75) is 33.6 Å². The second kappa shape index (κ2) is 10.7. The highest BCUT2D eigenvalue weighted by atomic mass is 32.1. The number of ether oxygens (including phenoxy) is 2. The van der Waals surface area contributed by atoms with Crippen LogP contribution in [0, 0.1) is 0 Å². The number of carbonyl (C=O) groups excluding carboxylic acids is 2. The average Bonchev–Trinajstić information content (AvgIpc) is 3.34. The predicted octanol–water partition coefficient (Wildman–Crippen LogP) is 5.23. The number of thiazole rings is 1. The first-order valence-electron chi connectivity index (χ1n) is 11.4. The third kappa shape index (κ3) is 4.88. The average molecular weight is 490 g/mol. The van der Waals surface area contributed by atoms with Crippen molar-refractivity contribution in [1.29, 1.82) is 0 Å². The number of rotatable bonds is 7. The summed E-state index contributed by atoms with van der Waals surface area (Å²) in [4.78, 5) is 35.5. The number of pyridine rings is 1. The van der Waals surface area contributed by atoms with Crippen molar-refractivity contribution in [2.75, 3.05) is 13.2 Å². The molecular formula is C27H27N3O4S. The molecule has 3 aromatic rings. The Morgan fingerprint density at radius 3 is 2.14 bits per heavy atom. The Bertz CT molecular complexity index is 1270. The molecule has 35 heavy (non-hydrogen) atoms. The molecule has 8 heteroatoms. The number of carbonyl (C=O) groups is 2. The molecule has 0 saturated carbocycles. The van der Waals surface area contributed by atoms with Gasteiger partial charge in [0, 0.05) is 28.5 Å². The zero-order valence-corrected chi connectivity index (χ0v) is 20.9. The lowest BCUT2D eigenvalue weighted by atomic mass is 9.78. The van der Waals surface area contributed by atoms with E-state index in [9.17, 15) is 9.59 Å².